The van der Waals surface area contributed by atoms with Gasteiger partial charge in [0.25, 0.3) is 0 Å². The Morgan fingerprint density at radius 3 is 2.47 bits per heavy atom. The van der Waals surface area contributed by atoms with Crippen LogP contribution in [0.3, 0.4) is 0 Å². The van der Waals surface area contributed by atoms with Crippen molar-refractivity contribution in [1.29, 1.82) is 0 Å². The van der Waals surface area contributed by atoms with E-state index < -0.39 is 6.10 Å². The molecule has 1 N–H and O–H groups in total. The fourth-order valence-corrected chi connectivity index (χ4v) is 2.04. The highest BCUT2D eigenvalue weighted by Gasteiger charge is 2.11. The summed E-state index contributed by atoms with van der Waals surface area (Å²) in [5.41, 5.74) is 3.11. The van der Waals surface area contributed by atoms with E-state index in [0.717, 1.165) is 16.7 Å². The van der Waals surface area contributed by atoms with Crippen molar-refractivity contribution in [3.63, 3.8) is 0 Å². The van der Waals surface area contributed by atoms with E-state index in [2.05, 4.69) is 0 Å². The van der Waals surface area contributed by atoms with Crippen molar-refractivity contribution in [2.45, 2.75) is 20.0 Å². The molecule has 0 saturated heterocycles. The van der Waals surface area contributed by atoms with Gasteiger partial charge in [0.2, 0.25) is 0 Å². The molecule has 19 heavy (non-hydrogen) atoms. The van der Waals surface area contributed by atoms with Crippen LogP contribution in [0.4, 0.5) is 0 Å². The van der Waals surface area contributed by atoms with Crippen LogP contribution in [0.2, 0.25) is 5.02 Å². The second-order valence-electron chi connectivity index (χ2n) is 4.64. The molecule has 0 spiro atoms. The average Bonchev–Trinajstić information content (AvgIpc) is 2.40. The van der Waals surface area contributed by atoms with Gasteiger partial charge in [-0.2, -0.15) is 0 Å². The Labute approximate surface area is 118 Å². The van der Waals surface area contributed by atoms with Crippen LogP contribution in [0.15, 0.2) is 42.5 Å². The summed E-state index contributed by atoms with van der Waals surface area (Å²) in [4.78, 5) is 0. The molecule has 0 amide bonds. The first-order chi connectivity index (χ1) is 9.06. The smallest absolute Gasteiger partial charge is 0.119 e. The molecule has 2 aromatic carbocycles. The molecule has 0 saturated carbocycles. The van der Waals surface area contributed by atoms with Crippen molar-refractivity contribution in [2.24, 2.45) is 0 Å². The van der Waals surface area contributed by atoms with Gasteiger partial charge >= 0.3 is 0 Å². The highest BCUT2D eigenvalue weighted by atomic mass is 35.5. The average molecular weight is 277 g/mol. The summed E-state index contributed by atoms with van der Waals surface area (Å²) in [6.07, 6.45) is -0.629. The second kappa shape index (κ2) is 6.09. The number of rotatable bonds is 4. The molecule has 2 aromatic rings. The zero-order valence-corrected chi connectivity index (χ0v) is 11.8. The molecule has 0 aliphatic carbocycles. The van der Waals surface area contributed by atoms with Crippen molar-refractivity contribution < 1.29 is 9.84 Å². The van der Waals surface area contributed by atoms with Crippen LogP contribution in [0.25, 0.3) is 0 Å². The molecular formula is C16H17ClO2. The number of hydrogen-bond acceptors (Lipinski definition) is 2. The summed E-state index contributed by atoms with van der Waals surface area (Å²) in [6, 6.07) is 13.1. The van der Waals surface area contributed by atoms with E-state index in [1.165, 1.54) is 0 Å². The zero-order chi connectivity index (χ0) is 13.8. The zero-order valence-electron chi connectivity index (χ0n) is 11.1. The fourth-order valence-electron chi connectivity index (χ4n) is 1.91. The summed E-state index contributed by atoms with van der Waals surface area (Å²) in [5, 5.41) is 10.9. The highest BCUT2D eigenvalue weighted by molar-refractivity contribution is 6.30. The van der Waals surface area contributed by atoms with Gasteiger partial charge in [0.15, 0.2) is 0 Å². The molecule has 0 aliphatic heterocycles. The standard InChI is InChI=1S/C16H17ClO2/c1-11-3-4-12(2)15(9-11)16(18)10-19-14-7-5-13(17)6-8-14/h3-9,16,18H,10H2,1-2H3. The Bertz CT molecular complexity index is 549. The van der Waals surface area contributed by atoms with E-state index in [4.69, 9.17) is 16.3 Å². The monoisotopic (exact) mass is 276 g/mol. The maximum absolute atomic E-state index is 10.2. The molecule has 0 aromatic heterocycles. The summed E-state index contributed by atoms with van der Waals surface area (Å²) in [7, 11) is 0. The first kappa shape index (κ1) is 13.9. The lowest BCUT2D eigenvalue weighted by molar-refractivity contribution is 0.107. The maximum Gasteiger partial charge on any atom is 0.119 e. The Hall–Kier alpha value is -1.51. The predicted molar refractivity (Wildman–Crippen MR) is 77.8 cm³/mol. The first-order valence-electron chi connectivity index (χ1n) is 6.20. The van der Waals surface area contributed by atoms with Crippen molar-refractivity contribution in [3.05, 3.63) is 64.2 Å². The topological polar surface area (TPSA) is 29.5 Å². The summed E-state index contributed by atoms with van der Waals surface area (Å²) >= 11 is 5.80. The minimum absolute atomic E-state index is 0.228. The molecule has 0 bridgehead atoms. The van der Waals surface area contributed by atoms with Gasteiger partial charge in [0.1, 0.15) is 18.5 Å². The van der Waals surface area contributed by atoms with Crippen LogP contribution in [-0.2, 0) is 0 Å². The lowest BCUT2D eigenvalue weighted by atomic mass is 10.0. The van der Waals surface area contributed by atoms with Gasteiger partial charge in [0, 0.05) is 5.02 Å². The molecule has 1 unspecified atom stereocenters. The SMILES string of the molecule is Cc1ccc(C)c(C(O)COc2ccc(Cl)cc2)c1. The van der Waals surface area contributed by atoms with Crippen LogP contribution >= 0.6 is 11.6 Å². The molecule has 0 radical (unpaired) electrons. The summed E-state index contributed by atoms with van der Waals surface area (Å²) < 4.78 is 5.56. The molecule has 0 aliphatic rings. The van der Waals surface area contributed by atoms with Crippen LogP contribution < -0.4 is 4.74 Å². The first-order valence-corrected chi connectivity index (χ1v) is 6.57. The van der Waals surface area contributed by atoms with Gasteiger partial charge in [-0.05, 0) is 49.2 Å². The maximum atomic E-state index is 10.2. The van der Waals surface area contributed by atoms with E-state index in [1.807, 2.05) is 32.0 Å². The quantitative estimate of drug-likeness (QED) is 0.912. The van der Waals surface area contributed by atoms with Gasteiger partial charge in [-0.25, -0.2) is 0 Å². The molecule has 2 rings (SSSR count). The van der Waals surface area contributed by atoms with Crippen LogP contribution in [-0.4, -0.2) is 11.7 Å². The molecule has 0 fully saturated rings. The van der Waals surface area contributed by atoms with Crippen molar-refractivity contribution in [2.75, 3.05) is 6.61 Å². The minimum atomic E-state index is -0.629. The highest BCUT2D eigenvalue weighted by Crippen LogP contribution is 2.21. The lowest BCUT2D eigenvalue weighted by Gasteiger charge is -2.15. The van der Waals surface area contributed by atoms with Gasteiger partial charge in [0.05, 0.1) is 0 Å². The second-order valence-corrected chi connectivity index (χ2v) is 5.08. The lowest BCUT2D eigenvalue weighted by Crippen LogP contribution is -2.11. The van der Waals surface area contributed by atoms with Gasteiger partial charge in [-0.3, -0.25) is 0 Å². The Kier molecular flexibility index (Phi) is 4.46. The Morgan fingerprint density at radius 1 is 1.11 bits per heavy atom. The third kappa shape index (κ3) is 3.72. The molecule has 3 heteroatoms. The predicted octanol–water partition coefficient (Wildman–Crippen LogP) is 4.07. The van der Waals surface area contributed by atoms with Crippen LogP contribution in [0, 0.1) is 13.8 Å². The summed E-state index contributed by atoms with van der Waals surface area (Å²) in [5.74, 6) is 0.703. The Balaban J connectivity index is 2.03. The third-order valence-corrected chi connectivity index (χ3v) is 3.27. The van der Waals surface area contributed by atoms with E-state index in [-0.39, 0.29) is 6.61 Å². The van der Waals surface area contributed by atoms with Crippen molar-refractivity contribution in [1.82, 2.24) is 0 Å². The van der Waals surface area contributed by atoms with Crippen LogP contribution in [0.1, 0.15) is 22.8 Å². The number of hydrogen-bond donors (Lipinski definition) is 1. The van der Waals surface area contributed by atoms with E-state index in [0.29, 0.717) is 10.8 Å². The van der Waals surface area contributed by atoms with Gasteiger partial charge in [-0.15, -0.1) is 0 Å². The number of benzene rings is 2. The normalized spacial score (nSPS) is 12.2. The van der Waals surface area contributed by atoms with Crippen molar-refractivity contribution in [3.8, 4) is 5.75 Å². The Morgan fingerprint density at radius 2 is 1.79 bits per heavy atom. The third-order valence-electron chi connectivity index (χ3n) is 3.02. The molecule has 1 atom stereocenters. The van der Waals surface area contributed by atoms with Gasteiger partial charge < -0.3 is 9.84 Å². The summed E-state index contributed by atoms with van der Waals surface area (Å²) in [6.45, 7) is 4.22. The molecule has 100 valence electrons. The molecular weight excluding hydrogens is 260 g/mol. The number of aliphatic hydroxyl groups is 1. The minimum Gasteiger partial charge on any atom is -0.491 e. The molecule has 2 nitrogen and oxygen atoms in total. The molecule has 0 heterocycles. The number of aryl methyl sites for hydroxylation is 2. The van der Waals surface area contributed by atoms with E-state index in [9.17, 15) is 5.11 Å². The van der Waals surface area contributed by atoms with Crippen LogP contribution in [0.5, 0.6) is 5.75 Å². The van der Waals surface area contributed by atoms with Gasteiger partial charge in [-0.1, -0.05) is 35.4 Å². The van der Waals surface area contributed by atoms with E-state index in [1.54, 1.807) is 24.3 Å². The largest absolute Gasteiger partial charge is 0.491 e. The van der Waals surface area contributed by atoms with Crippen molar-refractivity contribution >= 4 is 11.6 Å². The number of ether oxygens (including phenoxy) is 1. The number of halogens is 1. The van der Waals surface area contributed by atoms with E-state index >= 15 is 0 Å². The fraction of sp³-hybridized carbons (Fsp3) is 0.250. The number of aliphatic hydroxyl groups excluding tert-OH is 1.